The third-order valence-corrected chi connectivity index (χ3v) is 7.39. The van der Waals surface area contributed by atoms with Crippen molar-refractivity contribution in [3.8, 4) is 22.6 Å². The highest BCUT2D eigenvalue weighted by Gasteiger charge is 2.28. The van der Waals surface area contributed by atoms with Crippen molar-refractivity contribution in [3.05, 3.63) is 53.2 Å². The summed E-state index contributed by atoms with van der Waals surface area (Å²) in [5.74, 6) is 1.46. The first kappa shape index (κ1) is 24.5. The highest BCUT2D eigenvalue weighted by atomic mass is 16.5. The number of hydrogen-bond acceptors (Lipinski definition) is 6. The minimum atomic E-state index is -0.882. The molecule has 2 aliphatic rings. The molecule has 0 atom stereocenters. The van der Waals surface area contributed by atoms with Crippen LogP contribution in [0.25, 0.3) is 32.9 Å². The summed E-state index contributed by atoms with van der Waals surface area (Å²) >= 11 is 0. The van der Waals surface area contributed by atoms with E-state index in [9.17, 15) is 9.90 Å². The van der Waals surface area contributed by atoms with Gasteiger partial charge in [0.25, 0.3) is 0 Å². The van der Waals surface area contributed by atoms with E-state index < -0.39 is 11.6 Å². The monoisotopic (exact) mass is 511 g/mol. The van der Waals surface area contributed by atoms with E-state index in [2.05, 4.69) is 17.0 Å². The summed E-state index contributed by atoms with van der Waals surface area (Å²) in [7, 11) is 0. The van der Waals surface area contributed by atoms with Gasteiger partial charge < -0.3 is 19.5 Å². The summed E-state index contributed by atoms with van der Waals surface area (Å²) in [5.41, 5.74) is 5.55. The molecule has 0 aliphatic carbocycles. The van der Waals surface area contributed by atoms with Crippen LogP contribution in [0, 0.1) is 6.92 Å². The van der Waals surface area contributed by atoms with E-state index in [0.717, 1.165) is 75.1 Å². The van der Waals surface area contributed by atoms with Crippen LogP contribution in [0.3, 0.4) is 0 Å². The number of carboxylic acids is 1. The third-order valence-electron chi connectivity index (χ3n) is 7.39. The van der Waals surface area contributed by atoms with Gasteiger partial charge in [0.1, 0.15) is 22.9 Å². The van der Waals surface area contributed by atoms with Crippen LogP contribution in [-0.2, 0) is 17.6 Å². The van der Waals surface area contributed by atoms with E-state index in [-0.39, 0.29) is 6.42 Å². The summed E-state index contributed by atoms with van der Waals surface area (Å²) in [6.07, 6.45) is 4.85. The van der Waals surface area contributed by atoms with Crippen molar-refractivity contribution in [2.75, 3.05) is 24.6 Å². The van der Waals surface area contributed by atoms with E-state index in [0.29, 0.717) is 12.4 Å². The van der Waals surface area contributed by atoms with Crippen LogP contribution in [0.2, 0.25) is 0 Å². The van der Waals surface area contributed by atoms with Crippen LogP contribution >= 0.6 is 0 Å². The van der Waals surface area contributed by atoms with E-state index in [4.69, 9.17) is 19.4 Å². The Balaban J connectivity index is 1.72. The van der Waals surface area contributed by atoms with Crippen molar-refractivity contribution in [2.24, 2.45) is 0 Å². The summed E-state index contributed by atoms with van der Waals surface area (Å²) in [5, 5.41) is 11.8. The Morgan fingerprint density at radius 1 is 1.13 bits per heavy atom. The molecule has 4 aromatic rings. The van der Waals surface area contributed by atoms with Crippen LogP contribution in [0.1, 0.15) is 50.3 Å². The fourth-order valence-corrected chi connectivity index (χ4v) is 5.82. The van der Waals surface area contributed by atoms with Crippen LogP contribution < -0.4 is 14.4 Å². The first-order valence-electron chi connectivity index (χ1n) is 13.4. The second-order valence-corrected chi connectivity index (χ2v) is 11.3. The minimum Gasteiger partial charge on any atom is -0.492 e. The molecule has 2 aromatic heterocycles. The lowest BCUT2D eigenvalue weighted by atomic mass is 9.87. The maximum Gasteiger partial charge on any atom is 0.307 e. The molecule has 6 rings (SSSR count). The second kappa shape index (κ2) is 9.15. The predicted octanol–water partition coefficient (Wildman–Crippen LogP) is 6.10. The van der Waals surface area contributed by atoms with Gasteiger partial charge in [-0.1, -0.05) is 0 Å². The van der Waals surface area contributed by atoms with Gasteiger partial charge in [-0.25, -0.2) is 4.98 Å². The number of aliphatic carboxylic acids is 1. The van der Waals surface area contributed by atoms with Gasteiger partial charge in [0.2, 0.25) is 0 Å². The molecule has 1 saturated heterocycles. The van der Waals surface area contributed by atoms with E-state index in [1.54, 1.807) is 0 Å². The quantitative estimate of drug-likeness (QED) is 0.347. The van der Waals surface area contributed by atoms with Gasteiger partial charge in [-0.3, -0.25) is 9.78 Å². The molecular weight excluding hydrogens is 478 g/mol. The number of benzene rings is 2. The Bertz CT molecular complexity index is 1580. The number of carbonyl (C=O) groups is 1. The number of nitrogens with zero attached hydrogens (tertiary/aromatic N) is 3. The number of aromatic nitrogens is 2. The zero-order valence-corrected chi connectivity index (χ0v) is 22.4. The molecule has 0 radical (unpaired) electrons. The molecule has 0 unspecified atom stereocenters. The molecule has 0 saturated carbocycles. The Morgan fingerprint density at radius 2 is 1.92 bits per heavy atom. The molecule has 38 heavy (non-hydrogen) atoms. The van der Waals surface area contributed by atoms with Gasteiger partial charge in [0, 0.05) is 48.1 Å². The number of hydrogen-bond donors (Lipinski definition) is 1. The highest BCUT2D eigenvalue weighted by Crippen LogP contribution is 2.48. The average Bonchev–Trinajstić information content (AvgIpc) is 3.39. The number of fused-ring (bicyclic) bond motifs is 1. The number of pyridine rings is 2. The van der Waals surface area contributed by atoms with E-state index in [1.807, 2.05) is 52.1 Å². The van der Waals surface area contributed by atoms with Gasteiger partial charge in [-0.15, -0.1) is 0 Å². The molecule has 0 spiro atoms. The first-order valence-corrected chi connectivity index (χ1v) is 13.4. The van der Waals surface area contributed by atoms with Crippen LogP contribution in [0.15, 0.2) is 36.5 Å². The van der Waals surface area contributed by atoms with Crippen molar-refractivity contribution >= 4 is 33.6 Å². The first-order chi connectivity index (χ1) is 18.2. The minimum absolute atomic E-state index is 0.112. The van der Waals surface area contributed by atoms with Crippen LogP contribution in [0.4, 0.5) is 5.82 Å². The average molecular weight is 512 g/mol. The zero-order valence-electron chi connectivity index (χ0n) is 22.4. The third kappa shape index (κ3) is 4.30. The lowest BCUT2D eigenvalue weighted by Gasteiger charge is -2.28. The number of aryl methyl sites for hydroxylation is 1. The zero-order chi connectivity index (χ0) is 26.6. The molecule has 2 aliphatic heterocycles. The Labute approximate surface area is 222 Å². The topological polar surface area (TPSA) is 84.8 Å². The molecule has 1 fully saturated rings. The van der Waals surface area contributed by atoms with Crippen molar-refractivity contribution < 1.29 is 19.4 Å². The molecule has 4 heterocycles. The predicted molar refractivity (Wildman–Crippen MR) is 150 cm³/mol. The van der Waals surface area contributed by atoms with Crippen molar-refractivity contribution in [2.45, 2.75) is 59.0 Å². The summed E-state index contributed by atoms with van der Waals surface area (Å²) in [4.78, 5) is 24.4. The van der Waals surface area contributed by atoms with Gasteiger partial charge in [0.05, 0.1) is 29.6 Å². The smallest absolute Gasteiger partial charge is 0.307 e. The Hall–Kier alpha value is -3.87. The largest absolute Gasteiger partial charge is 0.492 e. The van der Waals surface area contributed by atoms with E-state index >= 15 is 0 Å². The fraction of sp³-hybridized carbons (Fsp3) is 0.387. The van der Waals surface area contributed by atoms with Gasteiger partial charge in [-0.05, 0) is 81.5 Å². The molecule has 0 amide bonds. The van der Waals surface area contributed by atoms with Crippen molar-refractivity contribution in [1.82, 2.24) is 9.97 Å². The van der Waals surface area contributed by atoms with Crippen LogP contribution in [-0.4, -0.2) is 46.3 Å². The lowest BCUT2D eigenvalue weighted by Crippen LogP contribution is -2.24. The van der Waals surface area contributed by atoms with Crippen molar-refractivity contribution in [1.29, 1.82) is 0 Å². The Kier molecular flexibility index (Phi) is 5.89. The molecule has 1 N–H and O–H groups in total. The molecule has 196 valence electrons. The number of rotatable bonds is 5. The SMILES string of the molecule is Cc1cc2nc(N3CCCC3)ccc2c(-c2c(OC(C)(C)C)cc3c4c(ccnc24)CCO3)c1CC(=O)O. The van der Waals surface area contributed by atoms with Gasteiger partial charge in [0.15, 0.2) is 0 Å². The van der Waals surface area contributed by atoms with Crippen LogP contribution in [0.5, 0.6) is 11.5 Å². The molecule has 7 nitrogen and oxygen atoms in total. The number of ether oxygens (including phenoxy) is 2. The Morgan fingerprint density at radius 3 is 2.66 bits per heavy atom. The second-order valence-electron chi connectivity index (χ2n) is 11.3. The normalized spacial score (nSPS) is 15.2. The molecule has 2 aromatic carbocycles. The van der Waals surface area contributed by atoms with Crippen molar-refractivity contribution in [3.63, 3.8) is 0 Å². The maximum atomic E-state index is 12.1. The molecule has 0 bridgehead atoms. The summed E-state index contributed by atoms with van der Waals surface area (Å²) in [6.45, 7) is 10.6. The van der Waals surface area contributed by atoms with Gasteiger partial charge >= 0.3 is 5.97 Å². The number of anilines is 1. The summed E-state index contributed by atoms with van der Waals surface area (Å²) in [6, 6.07) is 10.2. The fourth-order valence-electron chi connectivity index (χ4n) is 5.82. The maximum absolute atomic E-state index is 12.1. The van der Waals surface area contributed by atoms with E-state index in [1.165, 1.54) is 18.4 Å². The van der Waals surface area contributed by atoms with Gasteiger partial charge in [-0.2, -0.15) is 0 Å². The lowest BCUT2D eigenvalue weighted by molar-refractivity contribution is -0.136. The molecule has 7 heteroatoms. The molecular formula is C31H33N3O4. The summed E-state index contributed by atoms with van der Waals surface area (Å²) < 4.78 is 12.6. The highest BCUT2D eigenvalue weighted by molar-refractivity contribution is 6.10. The number of carboxylic acid groups (broad SMARTS) is 1. The standard InChI is InChI=1S/C31H33N3O4/c1-18-15-22-20(7-8-25(33-22)34-12-5-6-13-34)28(21(18)16-26(35)36)29-24(38-31(2,3)4)17-23-27-19(10-14-37-23)9-11-32-30(27)29/h7-9,11,15,17H,5-6,10,12-14,16H2,1-4H3,(H,35,36).